The molecule has 0 radical (unpaired) electrons. The number of ether oxygens (including phenoxy) is 1. The van der Waals surface area contributed by atoms with Crippen molar-refractivity contribution >= 4 is 23.4 Å². The number of piperidine rings is 1. The first kappa shape index (κ1) is 22.0. The second kappa shape index (κ2) is 7.24. The molecular weight excluding hydrogens is 401 g/mol. The number of carbonyl (C=O) groups excluding carboxylic acids is 2. The van der Waals surface area contributed by atoms with E-state index in [-0.39, 0.29) is 42.9 Å². The van der Waals surface area contributed by atoms with E-state index in [9.17, 15) is 18.4 Å². The largest absolute Gasteiger partial charge is 0.444 e. The van der Waals surface area contributed by atoms with Gasteiger partial charge in [-0.3, -0.25) is 4.79 Å². The van der Waals surface area contributed by atoms with Crippen LogP contribution < -0.4 is 11.5 Å². The van der Waals surface area contributed by atoms with Crippen molar-refractivity contribution in [2.45, 2.75) is 50.6 Å². The number of rotatable bonds is 2. The monoisotopic (exact) mass is 428 g/mol. The Bertz CT molecular complexity index is 854. The number of carbonyl (C=O) groups is 2. The van der Waals surface area contributed by atoms with E-state index in [1.165, 1.54) is 17.0 Å². The number of alkyl halides is 2. The van der Waals surface area contributed by atoms with Crippen LogP contribution in [0.1, 0.15) is 39.2 Å². The number of amides is 2. The molecule has 1 aromatic rings. The molecule has 1 aromatic carbocycles. The second-order valence-corrected chi connectivity index (χ2v) is 9.00. The molecule has 0 saturated carbocycles. The topological polar surface area (TPSA) is 102 Å². The van der Waals surface area contributed by atoms with E-state index in [1.54, 1.807) is 20.8 Å². The smallest absolute Gasteiger partial charge is 0.410 e. The van der Waals surface area contributed by atoms with Gasteiger partial charge in [0.15, 0.2) is 5.82 Å². The number of benzene rings is 1. The molecule has 2 heterocycles. The van der Waals surface area contributed by atoms with Crippen molar-refractivity contribution in [3.8, 4) is 0 Å². The first-order valence-electron chi connectivity index (χ1n) is 9.75. The van der Waals surface area contributed by atoms with E-state index in [1.807, 2.05) is 0 Å². The maximum Gasteiger partial charge on any atom is 0.410 e. The molecule has 0 atom stereocenters. The number of nitrogens with two attached hydrogens (primary N) is 2. The van der Waals surface area contributed by atoms with E-state index in [0.29, 0.717) is 0 Å². The molecule has 7 nitrogen and oxygen atoms in total. The van der Waals surface area contributed by atoms with Crippen molar-refractivity contribution in [2.75, 3.05) is 37.6 Å². The number of hydrogen-bond donors (Lipinski definition) is 2. The van der Waals surface area contributed by atoms with E-state index in [2.05, 4.69) is 0 Å². The van der Waals surface area contributed by atoms with Crippen LogP contribution in [0.5, 0.6) is 0 Å². The predicted molar refractivity (Wildman–Crippen MR) is 105 cm³/mol. The summed E-state index contributed by atoms with van der Waals surface area (Å²) in [5, 5.41) is 0. The summed E-state index contributed by atoms with van der Waals surface area (Å²) in [6, 6.07) is 2.77. The van der Waals surface area contributed by atoms with Crippen LogP contribution in [-0.4, -0.2) is 59.5 Å². The van der Waals surface area contributed by atoms with Crippen molar-refractivity contribution in [1.29, 1.82) is 0 Å². The highest BCUT2D eigenvalue weighted by Crippen LogP contribution is 2.43. The van der Waals surface area contributed by atoms with Gasteiger partial charge in [-0.15, -0.1) is 0 Å². The fraction of sp³-hybridized carbons (Fsp3) is 0.600. The number of hydrogen-bond acceptors (Lipinski definition) is 5. The molecular formula is C20H27F3N4O3. The zero-order valence-electron chi connectivity index (χ0n) is 17.3. The number of anilines is 2. The predicted octanol–water partition coefficient (Wildman–Crippen LogP) is 2.74. The zero-order chi connectivity index (χ0) is 22.5. The molecule has 30 heavy (non-hydrogen) atoms. The molecule has 3 rings (SSSR count). The van der Waals surface area contributed by atoms with E-state index in [4.69, 9.17) is 16.2 Å². The average Bonchev–Trinajstić information content (AvgIpc) is 2.62. The van der Waals surface area contributed by atoms with Crippen molar-refractivity contribution < 1.29 is 27.5 Å². The quantitative estimate of drug-likeness (QED) is 0.706. The lowest BCUT2D eigenvalue weighted by atomic mass is 9.70. The second-order valence-electron chi connectivity index (χ2n) is 9.00. The fourth-order valence-corrected chi connectivity index (χ4v) is 3.93. The van der Waals surface area contributed by atoms with Gasteiger partial charge in [-0.2, -0.15) is 0 Å². The SMILES string of the molecule is CC(C)(C)OC(=O)N1CCC(C(=O)N2CC(F)(F)C2)(c2ccc(N)c(N)c2F)CC1. The number of likely N-dealkylation sites (tertiary alicyclic amines) is 2. The summed E-state index contributed by atoms with van der Waals surface area (Å²) in [7, 11) is 0. The highest BCUT2D eigenvalue weighted by molar-refractivity contribution is 5.90. The van der Waals surface area contributed by atoms with Crippen molar-refractivity contribution in [3.05, 3.63) is 23.5 Å². The average molecular weight is 428 g/mol. The molecule has 2 saturated heterocycles. The molecule has 2 aliphatic heterocycles. The summed E-state index contributed by atoms with van der Waals surface area (Å²) < 4.78 is 47.2. The van der Waals surface area contributed by atoms with Gasteiger partial charge < -0.3 is 26.0 Å². The summed E-state index contributed by atoms with van der Waals surface area (Å²) >= 11 is 0. The van der Waals surface area contributed by atoms with Crippen molar-refractivity contribution in [1.82, 2.24) is 9.80 Å². The number of nitrogens with zero attached hydrogens (tertiary/aromatic N) is 2. The zero-order valence-corrected chi connectivity index (χ0v) is 17.3. The van der Waals surface area contributed by atoms with Crippen LogP contribution in [0.15, 0.2) is 12.1 Å². The highest BCUT2D eigenvalue weighted by Gasteiger charge is 2.54. The third-order valence-corrected chi connectivity index (χ3v) is 5.54. The van der Waals surface area contributed by atoms with Crippen LogP contribution in [-0.2, 0) is 14.9 Å². The maximum absolute atomic E-state index is 15.0. The lowest BCUT2D eigenvalue weighted by Crippen LogP contribution is -2.64. The molecule has 4 N–H and O–H groups in total. The summed E-state index contributed by atoms with van der Waals surface area (Å²) in [5.41, 5.74) is 9.04. The number of halogens is 3. The third kappa shape index (κ3) is 3.99. The van der Waals surface area contributed by atoms with Gasteiger partial charge in [-0.1, -0.05) is 6.07 Å². The normalized spacial score (nSPS) is 20.5. The van der Waals surface area contributed by atoms with E-state index in [0.717, 1.165) is 4.90 Å². The molecule has 0 bridgehead atoms. The molecule has 0 spiro atoms. The summed E-state index contributed by atoms with van der Waals surface area (Å²) in [6.45, 7) is 3.99. The van der Waals surface area contributed by atoms with Gasteiger partial charge in [0.2, 0.25) is 5.91 Å². The Morgan fingerprint density at radius 2 is 1.63 bits per heavy atom. The molecule has 0 aliphatic carbocycles. The minimum absolute atomic E-state index is 0.0123. The van der Waals surface area contributed by atoms with Gasteiger partial charge in [-0.05, 0) is 39.7 Å². The Morgan fingerprint density at radius 1 is 1.07 bits per heavy atom. The van der Waals surface area contributed by atoms with Gasteiger partial charge >= 0.3 is 6.09 Å². The summed E-state index contributed by atoms with van der Waals surface area (Å²) in [6.07, 6.45) is -0.447. The van der Waals surface area contributed by atoms with Crippen molar-refractivity contribution in [2.24, 2.45) is 0 Å². The standard InChI is InChI=1S/C20H27F3N4O3/c1-18(2,3)30-17(29)26-8-6-19(7-9-26,16(28)27-10-20(22,23)11-27)12-4-5-13(24)15(25)14(12)21/h4-5H,6-11,24-25H2,1-3H3. The maximum atomic E-state index is 15.0. The van der Waals surface area contributed by atoms with Crippen LogP contribution in [0, 0.1) is 5.82 Å². The fourth-order valence-electron chi connectivity index (χ4n) is 3.93. The first-order chi connectivity index (χ1) is 13.8. The minimum Gasteiger partial charge on any atom is -0.444 e. The Balaban J connectivity index is 1.91. The Kier molecular flexibility index (Phi) is 5.32. The van der Waals surface area contributed by atoms with Crippen LogP contribution >= 0.6 is 0 Å². The third-order valence-electron chi connectivity index (χ3n) is 5.54. The van der Waals surface area contributed by atoms with Crippen LogP contribution in [0.3, 0.4) is 0 Å². The van der Waals surface area contributed by atoms with Gasteiger partial charge in [0.05, 0.1) is 29.9 Å². The Hall–Kier alpha value is -2.65. The highest BCUT2D eigenvalue weighted by atomic mass is 19.3. The Morgan fingerprint density at radius 3 is 2.13 bits per heavy atom. The van der Waals surface area contributed by atoms with Crippen LogP contribution in [0.2, 0.25) is 0 Å². The summed E-state index contributed by atoms with van der Waals surface area (Å²) in [5.74, 6) is -4.38. The van der Waals surface area contributed by atoms with Gasteiger partial charge in [0.25, 0.3) is 5.92 Å². The lowest BCUT2D eigenvalue weighted by Gasteiger charge is -2.47. The van der Waals surface area contributed by atoms with Gasteiger partial charge in [-0.25, -0.2) is 18.0 Å². The lowest BCUT2D eigenvalue weighted by molar-refractivity contribution is -0.173. The summed E-state index contributed by atoms with van der Waals surface area (Å²) in [4.78, 5) is 28.1. The minimum atomic E-state index is -2.95. The Labute approximate surface area is 173 Å². The van der Waals surface area contributed by atoms with E-state index < -0.39 is 47.8 Å². The van der Waals surface area contributed by atoms with Gasteiger partial charge in [0, 0.05) is 18.7 Å². The molecule has 0 unspecified atom stereocenters. The van der Waals surface area contributed by atoms with Gasteiger partial charge in [0.1, 0.15) is 5.60 Å². The molecule has 0 aromatic heterocycles. The first-order valence-corrected chi connectivity index (χ1v) is 9.75. The molecule has 2 fully saturated rings. The molecule has 166 valence electrons. The molecule has 2 amide bonds. The van der Waals surface area contributed by atoms with Crippen LogP contribution in [0.25, 0.3) is 0 Å². The van der Waals surface area contributed by atoms with E-state index >= 15 is 4.39 Å². The number of nitrogen functional groups attached to an aromatic ring is 2. The van der Waals surface area contributed by atoms with Crippen molar-refractivity contribution in [3.63, 3.8) is 0 Å². The molecule has 2 aliphatic rings. The van der Waals surface area contributed by atoms with Crippen LogP contribution in [0.4, 0.5) is 29.3 Å². The molecule has 10 heteroatoms.